The Hall–Kier alpha value is -1.34. The van der Waals surface area contributed by atoms with E-state index in [4.69, 9.17) is 8.97 Å². The Morgan fingerprint density at radius 3 is 2.75 bits per heavy atom. The molecule has 0 radical (unpaired) electrons. The van der Waals surface area contributed by atoms with Crippen LogP contribution in [0, 0.1) is 5.21 Å². The zero-order valence-corrected chi connectivity index (χ0v) is 9.61. The smallest absolute Gasteiger partial charge is 0.328 e. The maximum Gasteiger partial charge on any atom is 0.328 e. The van der Waals surface area contributed by atoms with Crippen LogP contribution in [0.5, 0.6) is 0 Å². The van der Waals surface area contributed by atoms with E-state index in [9.17, 15) is 13.6 Å². The van der Waals surface area contributed by atoms with E-state index in [1.807, 2.05) is 6.92 Å². The first-order valence-electron chi connectivity index (χ1n) is 4.79. The van der Waals surface area contributed by atoms with Crippen LogP contribution in [-0.4, -0.2) is 30.5 Å². The van der Waals surface area contributed by atoms with Crippen LogP contribution in [-0.2, 0) is 10.1 Å². The number of nitrogens with zero attached hydrogens (tertiary/aromatic N) is 1. The van der Waals surface area contributed by atoms with Crippen molar-refractivity contribution in [3.8, 4) is 0 Å². The fourth-order valence-electron chi connectivity index (χ4n) is 1.06. The van der Waals surface area contributed by atoms with Gasteiger partial charge < -0.3 is 9.62 Å². The Bertz CT molecular complexity index is 474. The molecule has 0 saturated heterocycles. The summed E-state index contributed by atoms with van der Waals surface area (Å²) in [5, 5.41) is 10.7. The molecule has 1 heterocycles. The van der Waals surface area contributed by atoms with Crippen LogP contribution >= 0.6 is 0 Å². The van der Waals surface area contributed by atoms with Crippen molar-refractivity contribution in [1.82, 2.24) is 0 Å². The number of unbranched alkanes of at least 4 members (excludes halogenated alkanes) is 1. The third-order valence-corrected chi connectivity index (χ3v) is 2.59. The van der Waals surface area contributed by atoms with Gasteiger partial charge in [0, 0.05) is 6.42 Å². The summed E-state index contributed by atoms with van der Waals surface area (Å²) < 4.78 is 35.4. The number of hydroxylamine groups is 1. The monoisotopic (exact) mass is 247 g/mol. The van der Waals surface area contributed by atoms with E-state index in [1.54, 1.807) is 0 Å². The minimum atomic E-state index is -4.34. The van der Waals surface area contributed by atoms with Gasteiger partial charge in [-0.1, -0.05) is 13.3 Å². The van der Waals surface area contributed by atoms with Crippen LogP contribution in [0.3, 0.4) is 0 Å². The minimum Gasteiger partial charge on any atom is -0.624 e. The molecule has 0 amide bonds. The highest BCUT2D eigenvalue weighted by Crippen LogP contribution is 2.11. The van der Waals surface area contributed by atoms with Gasteiger partial charge in [-0.25, -0.2) is 4.74 Å². The molecule has 0 aliphatic heterocycles. The van der Waals surface area contributed by atoms with Crippen molar-refractivity contribution in [3.63, 3.8) is 0 Å². The second-order valence-electron chi connectivity index (χ2n) is 3.26. The van der Waals surface area contributed by atoms with E-state index in [1.165, 1.54) is 6.07 Å². The predicted octanol–water partition coefficient (Wildman–Crippen LogP) is 1.26. The normalized spacial score (nSPS) is 13.0. The average Bonchev–Trinajstić information content (AvgIpc) is 2.62. The molecule has 1 rings (SSSR count). The summed E-state index contributed by atoms with van der Waals surface area (Å²) in [6.07, 6.45) is 2.78. The highest BCUT2D eigenvalue weighted by Gasteiger charge is 2.15. The Morgan fingerprint density at radius 2 is 2.25 bits per heavy atom. The van der Waals surface area contributed by atoms with E-state index >= 15 is 0 Å². The van der Waals surface area contributed by atoms with Crippen molar-refractivity contribution in [2.75, 3.05) is 6.54 Å². The van der Waals surface area contributed by atoms with E-state index in [0.717, 1.165) is 25.1 Å². The highest BCUT2D eigenvalue weighted by atomic mass is 32.2. The standard InChI is InChI=1S/C9H13NO5S/c1-2-3-6-10(11)7-8-4-5-9(15-8)16(12,13)14/h4-5,7H,2-3,6H2,1H3,(H,12,13,14)/b10-7-. The van der Waals surface area contributed by atoms with Crippen molar-refractivity contribution in [1.29, 1.82) is 0 Å². The summed E-state index contributed by atoms with van der Waals surface area (Å²) in [5.41, 5.74) is 0. The molecule has 0 bridgehead atoms. The van der Waals surface area contributed by atoms with E-state index in [2.05, 4.69) is 0 Å². The van der Waals surface area contributed by atoms with Gasteiger partial charge in [-0.2, -0.15) is 8.42 Å². The molecule has 0 atom stereocenters. The van der Waals surface area contributed by atoms with E-state index < -0.39 is 15.2 Å². The van der Waals surface area contributed by atoms with Crippen molar-refractivity contribution < 1.29 is 22.1 Å². The van der Waals surface area contributed by atoms with Gasteiger partial charge in [0.1, 0.15) is 0 Å². The molecule has 0 saturated carbocycles. The quantitative estimate of drug-likeness (QED) is 0.278. The fraction of sp³-hybridized carbons (Fsp3) is 0.444. The molecular formula is C9H13NO5S. The molecule has 16 heavy (non-hydrogen) atoms. The molecule has 6 nitrogen and oxygen atoms in total. The highest BCUT2D eigenvalue weighted by molar-refractivity contribution is 7.85. The molecule has 0 aliphatic rings. The van der Waals surface area contributed by atoms with Crippen LogP contribution in [0.15, 0.2) is 21.6 Å². The Morgan fingerprint density at radius 1 is 1.56 bits per heavy atom. The number of furan rings is 1. The molecule has 1 N–H and O–H groups in total. The summed E-state index contributed by atoms with van der Waals surface area (Å²) in [6.45, 7) is 2.27. The zero-order valence-electron chi connectivity index (χ0n) is 8.79. The maximum atomic E-state index is 11.2. The molecule has 90 valence electrons. The minimum absolute atomic E-state index is 0.0960. The van der Waals surface area contributed by atoms with Gasteiger partial charge in [0.25, 0.3) is 0 Å². The van der Waals surface area contributed by atoms with Crippen LogP contribution in [0.1, 0.15) is 25.5 Å². The van der Waals surface area contributed by atoms with Crippen LogP contribution < -0.4 is 0 Å². The Kier molecular flexibility index (Phi) is 4.08. The average molecular weight is 247 g/mol. The van der Waals surface area contributed by atoms with Gasteiger partial charge in [-0.3, -0.25) is 4.55 Å². The number of rotatable bonds is 5. The number of hydrogen-bond donors (Lipinski definition) is 1. The summed E-state index contributed by atoms with van der Waals surface area (Å²) >= 11 is 0. The zero-order chi connectivity index (χ0) is 12.2. The van der Waals surface area contributed by atoms with Gasteiger partial charge in [-0.05, 0) is 12.1 Å². The second-order valence-corrected chi connectivity index (χ2v) is 4.61. The van der Waals surface area contributed by atoms with Gasteiger partial charge >= 0.3 is 10.1 Å². The van der Waals surface area contributed by atoms with E-state index in [-0.39, 0.29) is 5.76 Å². The summed E-state index contributed by atoms with van der Waals surface area (Å²) in [4.78, 5) is 0. The van der Waals surface area contributed by atoms with Crippen LogP contribution in [0.4, 0.5) is 0 Å². The summed E-state index contributed by atoms with van der Waals surface area (Å²) in [6, 6.07) is 2.40. The second kappa shape index (κ2) is 5.13. The topological polar surface area (TPSA) is 93.6 Å². The molecule has 0 spiro atoms. The van der Waals surface area contributed by atoms with Gasteiger partial charge in [0.2, 0.25) is 11.3 Å². The molecule has 0 fully saturated rings. The van der Waals surface area contributed by atoms with Gasteiger partial charge in [-0.15, -0.1) is 0 Å². The predicted molar refractivity (Wildman–Crippen MR) is 57.1 cm³/mol. The first-order valence-corrected chi connectivity index (χ1v) is 6.23. The molecule has 0 aromatic carbocycles. The van der Waals surface area contributed by atoms with Gasteiger partial charge in [0.05, 0.1) is 0 Å². The lowest BCUT2D eigenvalue weighted by molar-refractivity contribution is -0.453. The molecular weight excluding hydrogens is 234 g/mol. The van der Waals surface area contributed by atoms with E-state index in [0.29, 0.717) is 11.3 Å². The van der Waals surface area contributed by atoms with Gasteiger partial charge in [0.15, 0.2) is 12.3 Å². The van der Waals surface area contributed by atoms with Crippen molar-refractivity contribution >= 4 is 16.3 Å². The molecule has 7 heteroatoms. The van der Waals surface area contributed by atoms with Crippen LogP contribution in [0.25, 0.3) is 0 Å². The Labute approximate surface area is 93.5 Å². The maximum absolute atomic E-state index is 11.2. The Balaban J connectivity index is 2.79. The lowest BCUT2D eigenvalue weighted by Gasteiger charge is -2.00. The molecule has 0 unspecified atom stereocenters. The first kappa shape index (κ1) is 12.7. The molecule has 1 aromatic rings. The SMILES string of the molecule is CCCC/[N+]([O-])=C/c1ccc(S(=O)(=O)O)o1. The third-order valence-electron chi connectivity index (χ3n) is 1.86. The van der Waals surface area contributed by atoms with Crippen molar-refractivity contribution in [2.45, 2.75) is 24.9 Å². The summed E-state index contributed by atoms with van der Waals surface area (Å²) in [7, 11) is -4.34. The molecule has 1 aromatic heterocycles. The summed E-state index contributed by atoms with van der Waals surface area (Å²) in [5.74, 6) is 0.0960. The molecule has 0 aliphatic carbocycles. The lowest BCUT2D eigenvalue weighted by atomic mass is 10.3. The van der Waals surface area contributed by atoms with Crippen LogP contribution in [0.2, 0.25) is 0 Å². The largest absolute Gasteiger partial charge is 0.624 e. The van der Waals surface area contributed by atoms with Crippen molar-refractivity contribution in [3.05, 3.63) is 23.1 Å². The third kappa shape index (κ3) is 3.67. The first-order chi connectivity index (χ1) is 7.43. The fourth-order valence-corrected chi connectivity index (χ4v) is 1.50. The lowest BCUT2D eigenvalue weighted by Crippen LogP contribution is -2.06. The van der Waals surface area contributed by atoms with Crippen molar-refractivity contribution in [2.24, 2.45) is 0 Å². The number of hydrogen-bond acceptors (Lipinski definition) is 4.